The molecule has 2 aromatic carbocycles. The van der Waals surface area contributed by atoms with Crippen LogP contribution in [-0.2, 0) is 22.4 Å². The van der Waals surface area contributed by atoms with Gasteiger partial charge in [0, 0.05) is 30.7 Å². The highest BCUT2D eigenvalue weighted by Crippen LogP contribution is 2.67. The third-order valence-electron chi connectivity index (χ3n) is 14.1. The summed E-state index contributed by atoms with van der Waals surface area (Å²) in [5.41, 5.74) is 3.72. The van der Waals surface area contributed by atoms with Crippen molar-refractivity contribution in [1.82, 2.24) is 0 Å². The first kappa shape index (κ1) is 37.2. The molecule has 4 aliphatic rings. The molecule has 8 nitrogen and oxygen atoms in total. The van der Waals surface area contributed by atoms with Crippen LogP contribution in [0, 0.1) is 72.5 Å². The number of non-ortho nitro benzene ring substituents is 2. The van der Waals surface area contributed by atoms with Crippen molar-refractivity contribution in [2.24, 2.45) is 52.3 Å². The van der Waals surface area contributed by atoms with Crippen molar-refractivity contribution in [1.29, 1.82) is 0 Å². The largest absolute Gasteiger partial charge is 0.462 e. The van der Waals surface area contributed by atoms with Crippen LogP contribution in [0.5, 0.6) is 0 Å². The second-order valence-electron chi connectivity index (χ2n) is 17.5. The van der Waals surface area contributed by atoms with Gasteiger partial charge in [-0.3, -0.25) is 25.0 Å². The molecule has 2 aromatic rings. The second-order valence-corrected chi connectivity index (χ2v) is 17.5. The molecule has 3 saturated carbocycles. The Morgan fingerprint density at radius 2 is 1.43 bits per heavy atom. The fourth-order valence-corrected chi connectivity index (χ4v) is 11.3. The fourth-order valence-electron chi connectivity index (χ4n) is 11.3. The molecule has 6 rings (SSSR count). The second kappa shape index (κ2) is 15.2. The van der Waals surface area contributed by atoms with Crippen molar-refractivity contribution in [2.75, 3.05) is 0 Å². The summed E-state index contributed by atoms with van der Waals surface area (Å²) in [7, 11) is 0. The van der Waals surface area contributed by atoms with Gasteiger partial charge in [-0.25, -0.2) is 0 Å². The number of nitro groups is 2. The number of carbonyl (C=O) groups excluding carboxylic acids is 1. The molecule has 0 heterocycles. The van der Waals surface area contributed by atoms with Gasteiger partial charge in [-0.05, 0) is 115 Å². The lowest BCUT2D eigenvalue weighted by atomic mass is 9.47. The van der Waals surface area contributed by atoms with Crippen LogP contribution in [0.1, 0.15) is 116 Å². The highest BCUT2D eigenvalue weighted by atomic mass is 16.6. The van der Waals surface area contributed by atoms with Gasteiger partial charge in [0.25, 0.3) is 11.4 Å². The van der Waals surface area contributed by atoms with Gasteiger partial charge in [0.15, 0.2) is 0 Å². The average Bonchev–Trinajstić information content (AvgIpc) is 3.45. The lowest BCUT2D eigenvalue weighted by Crippen LogP contribution is -2.51. The summed E-state index contributed by atoms with van der Waals surface area (Å²) in [6.45, 7) is 12.4. The maximum atomic E-state index is 13.9. The van der Waals surface area contributed by atoms with Gasteiger partial charge < -0.3 is 4.74 Å². The molecule has 0 spiro atoms. The van der Waals surface area contributed by atoms with E-state index < -0.39 is 15.8 Å². The van der Waals surface area contributed by atoms with Gasteiger partial charge in [0.2, 0.25) is 0 Å². The first-order valence-electron chi connectivity index (χ1n) is 19.6. The molecule has 8 heteroatoms. The lowest BCUT2D eigenvalue weighted by molar-refractivity contribution is -0.385. The molecule has 8 atom stereocenters. The van der Waals surface area contributed by atoms with Crippen LogP contribution in [0.4, 0.5) is 11.4 Å². The van der Waals surface area contributed by atoms with Crippen molar-refractivity contribution < 1.29 is 19.4 Å². The normalized spacial score (nSPS) is 30.6. The molecular weight excluding hydrogens is 640 g/mol. The molecule has 4 unspecified atom stereocenters. The topological polar surface area (TPSA) is 113 Å². The van der Waals surface area contributed by atoms with Crippen molar-refractivity contribution in [3.05, 3.63) is 91.5 Å². The van der Waals surface area contributed by atoms with E-state index in [1.54, 1.807) is 24.3 Å². The zero-order valence-corrected chi connectivity index (χ0v) is 31.4. The number of hydrogen-bond acceptors (Lipinski definition) is 6. The standard InChI is InChI=1S/C43H58N2O6/c1-28(2)7-6-8-29(3)38-19-20-39-37-18-13-33-27-36(21-23-42(33,4)40(37)22-24-43(38,39)5)51-41(46)32(25-30-9-14-34(15-10-30)44(47)48)26-31-11-16-35(17-12-31)45(49)50/h9-17,28-29,32,36-40H,6-8,18-27H2,1-5H3/t29-,36?,37?,38-,39?,40?,42+,43-/m1/s1. The third kappa shape index (κ3) is 7.80. The van der Waals surface area contributed by atoms with Crippen molar-refractivity contribution in [2.45, 2.75) is 124 Å². The van der Waals surface area contributed by atoms with E-state index in [4.69, 9.17) is 4.74 Å². The van der Waals surface area contributed by atoms with E-state index in [9.17, 15) is 25.0 Å². The smallest absolute Gasteiger partial charge is 0.309 e. The molecule has 0 aliphatic heterocycles. The number of nitro benzene ring substituents is 2. The van der Waals surface area contributed by atoms with Crippen LogP contribution < -0.4 is 0 Å². The Morgan fingerprint density at radius 3 is 2.00 bits per heavy atom. The van der Waals surface area contributed by atoms with E-state index in [0.29, 0.717) is 24.2 Å². The fraction of sp³-hybridized carbons (Fsp3) is 0.651. The third-order valence-corrected chi connectivity index (χ3v) is 14.1. The van der Waals surface area contributed by atoms with E-state index in [-0.39, 0.29) is 28.9 Å². The highest BCUT2D eigenvalue weighted by molar-refractivity contribution is 5.73. The molecule has 0 radical (unpaired) electrons. The first-order chi connectivity index (χ1) is 24.3. The van der Waals surface area contributed by atoms with Crippen LogP contribution in [0.3, 0.4) is 0 Å². The molecule has 0 saturated heterocycles. The van der Waals surface area contributed by atoms with E-state index >= 15 is 0 Å². The Morgan fingerprint density at radius 1 is 0.824 bits per heavy atom. The summed E-state index contributed by atoms with van der Waals surface area (Å²) in [5, 5.41) is 22.4. The van der Waals surface area contributed by atoms with Gasteiger partial charge >= 0.3 is 5.97 Å². The van der Waals surface area contributed by atoms with Crippen LogP contribution in [0.25, 0.3) is 0 Å². The average molecular weight is 699 g/mol. The minimum atomic E-state index is -0.523. The molecule has 276 valence electrons. The number of fused-ring (bicyclic) bond motifs is 5. The highest BCUT2D eigenvalue weighted by Gasteiger charge is 2.59. The Labute approximate surface area is 304 Å². The van der Waals surface area contributed by atoms with Gasteiger partial charge in [-0.15, -0.1) is 0 Å². The summed E-state index contributed by atoms with van der Waals surface area (Å²) >= 11 is 0. The van der Waals surface area contributed by atoms with Gasteiger partial charge in [0.1, 0.15) is 6.10 Å². The predicted octanol–water partition coefficient (Wildman–Crippen LogP) is 10.9. The van der Waals surface area contributed by atoms with E-state index in [1.165, 1.54) is 74.8 Å². The lowest BCUT2D eigenvalue weighted by Gasteiger charge is -2.58. The zero-order valence-electron chi connectivity index (χ0n) is 31.4. The Bertz CT molecular complexity index is 1540. The zero-order chi connectivity index (χ0) is 36.5. The van der Waals surface area contributed by atoms with Crippen LogP contribution in [0.15, 0.2) is 60.2 Å². The quantitative estimate of drug-likeness (QED) is 0.0890. The van der Waals surface area contributed by atoms with Crippen LogP contribution in [-0.4, -0.2) is 21.9 Å². The Hall–Kier alpha value is -3.55. The maximum Gasteiger partial charge on any atom is 0.309 e. The number of carbonyl (C=O) groups is 1. The summed E-state index contributed by atoms with van der Waals surface area (Å²) in [6, 6.07) is 12.6. The Balaban J connectivity index is 1.13. The number of hydrogen-bond donors (Lipinski definition) is 0. The molecule has 0 N–H and O–H groups in total. The minimum Gasteiger partial charge on any atom is -0.462 e. The van der Waals surface area contributed by atoms with Crippen LogP contribution >= 0.6 is 0 Å². The molecular formula is C43H58N2O6. The van der Waals surface area contributed by atoms with Gasteiger partial charge in [-0.1, -0.05) is 89.8 Å². The molecule has 0 aromatic heterocycles. The number of nitrogens with zero attached hydrogens (tertiary/aromatic N) is 2. The van der Waals surface area contributed by atoms with Crippen molar-refractivity contribution in [3.8, 4) is 0 Å². The van der Waals surface area contributed by atoms with E-state index in [1.807, 2.05) is 0 Å². The maximum absolute atomic E-state index is 13.9. The minimum absolute atomic E-state index is 0.00324. The number of esters is 1. The predicted molar refractivity (Wildman–Crippen MR) is 200 cm³/mol. The summed E-state index contributed by atoms with van der Waals surface area (Å²) in [5.74, 6) is 3.88. The van der Waals surface area contributed by atoms with E-state index in [0.717, 1.165) is 66.4 Å². The van der Waals surface area contributed by atoms with Gasteiger partial charge in [-0.2, -0.15) is 0 Å². The summed E-state index contributed by atoms with van der Waals surface area (Å²) in [4.78, 5) is 35.5. The number of rotatable bonds is 13. The molecule has 3 fully saturated rings. The number of allylic oxidation sites excluding steroid dienone is 1. The summed E-state index contributed by atoms with van der Waals surface area (Å²) < 4.78 is 6.33. The number of benzene rings is 2. The van der Waals surface area contributed by atoms with E-state index in [2.05, 4.69) is 40.7 Å². The SMILES string of the molecule is CC(C)CCC[C@@H](C)[C@H]1CCC2C3CC=C4CC(OC(=O)C(Cc5ccc([N+](=O)[O-])cc5)Cc5ccc([N+](=O)[O-])cc5)CC[C@]4(C)C3CC[C@@]21C. The Kier molecular flexibility index (Phi) is 11.1. The summed E-state index contributed by atoms with van der Waals surface area (Å²) in [6.07, 6.45) is 16.4. The van der Waals surface area contributed by atoms with Crippen molar-refractivity contribution >= 4 is 17.3 Å². The molecule has 4 aliphatic carbocycles. The first-order valence-corrected chi connectivity index (χ1v) is 19.6. The van der Waals surface area contributed by atoms with Crippen LogP contribution in [0.2, 0.25) is 0 Å². The molecule has 51 heavy (non-hydrogen) atoms. The monoisotopic (exact) mass is 698 g/mol. The van der Waals surface area contributed by atoms with Gasteiger partial charge in [0.05, 0.1) is 15.8 Å². The molecule has 0 bridgehead atoms. The van der Waals surface area contributed by atoms with Crippen molar-refractivity contribution in [3.63, 3.8) is 0 Å². The number of ether oxygens (including phenoxy) is 1. The molecule has 0 amide bonds.